The number of ketones is 1. The summed E-state index contributed by atoms with van der Waals surface area (Å²) in [6.45, 7) is 4.00. The lowest BCUT2D eigenvalue weighted by molar-refractivity contribution is -0.141. The monoisotopic (exact) mass is 226 g/mol. The van der Waals surface area contributed by atoms with E-state index in [1.807, 2.05) is 0 Å². The lowest BCUT2D eigenvalue weighted by atomic mass is 10.1. The highest BCUT2D eigenvalue weighted by Crippen LogP contribution is 2.40. The molecule has 3 heteroatoms. The number of Topliss-reactive ketones (excluding diaryl/α,β-unsaturated/α-hetero) is 1. The van der Waals surface area contributed by atoms with Crippen LogP contribution in [0.5, 0.6) is 0 Å². The lowest BCUT2D eigenvalue weighted by Gasteiger charge is -2.01. The van der Waals surface area contributed by atoms with Crippen molar-refractivity contribution >= 4 is 11.8 Å². The first kappa shape index (κ1) is 13.2. The molecule has 1 aliphatic rings. The molecule has 0 aromatic rings. The molecule has 0 spiro atoms. The molecule has 0 aromatic heterocycles. The molecular weight excluding hydrogens is 204 g/mol. The number of esters is 1. The van der Waals surface area contributed by atoms with Gasteiger partial charge in [0.15, 0.2) is 0 Å². The predicted octanol–water partition coefficient (Wildman–Crippen LogP) is 2.73. The minimum atomic E-state index is -0.249. The first-order chi connectivity index (χ1) is 7.65. The van der Waals surface area contributed by atoms with Crippen LogP contribution in [0.25, 0.3) is 0 Å². The van der Waals surface area contributed by atoms with E-state index in [2.05, 4.69) is 6.92 Å². The zero-order chi connectivity index (χ0) is 12.0. The molecular formula is C13H22O3. The van der Waals surface area contributed by atoms with Crippen LogP contribution >= 0.6 is 0 Å². The van der Waals surface area contributed by atoms with E-state index in [0.717, 1.165) is 19.3 Å². The van der Waals surface area contributed by atoms with Crippen molar-refractivity contribution in [3.63, 3.8) is 0 Å². The van der Waals surface area contributed by atoms with Crippen molar-refractivity contribution in [3.8, 4) is 0 Å². The van der Waals surface area contributed by atoms with Crippen LogP contribution in [0, 0.1) is 11.8 Å². The molecule has 1 fully saturated rings. The Hall–Kier alpha value is -0.860. The SMILES string of the molecule is CCCCCCC(=O)C1CC1COC(C)=O. The van der Waals surface area contributed by atoms with Crippen LogP contribution in [0.3, 0.4) is 0 Å². The summed E-state index contributed by atoms with van der Waals surface area (Å²) in [5.74, 6) is 0.609. The topological polar surface area (TPSA) is 43.4 Å². The molecule has 0 heterocycles. The molecule has 2 unspecified atom stereocenters. The third kappa shape index (κ3) is 4.77. The van der Waals surface area contributed by atoms with Crippen molar-refractivity contribution < 1.29 is 14.3 Å². The predicted molar refractivity (Wildman–Crippen MR) is 62.0 cm³/mol. The number of carbonyl (C=O) groups is 2. The van der Waals surface area contributed by atoms with Gasteiger partial charge in [0.25, 0.3) is 0 Å². The molecule has 1 rings (SSSR count). The normalized spacial score (nSPS) is 22.9. The second-order valence-electron chi connectivity index (χ2n) is 4.68. The van der Waals surface area contributed by atoms with E-state index in [1.54, 1.807) is 0 Å². The van der Waals surface area contributed by atoms with E-state index in [0.29, 0.717) is 24.7 Å². The molecule has 92 valence electrons. The molecule has 0 aliphatic heterocycles. The largest absolute Gasteiger partial charge is 0.466 e. The summed E-state index contributed by atoms with van der Waals surface area (Å²) in [4.78, 5) is 22.3. The fourth-order valence-electron chi connectivity index (χ4n) is 1.96. The Morgan fingerprint density at radius 3 is 2.62 bits per heavy atom. The molecule has 1 saturated carbocycles. The second kappa shape index (κ2) is 6.66. The first-order valence-corrected chi connectivity index (χ1v) is 6.31. The maximum atomic E-state index is 11.7. The molecule has 2 atom stereocenters. The Morgan fingerprint density at radius 2 is 2.00 bits per heavy atom. The zero-order valence-corrected chi connectivity index (χ0v) is 10.3. The van der Waals surface area contributed by atoms with Crippen molar-refractivity contribution in [3.05, 3.63) is 0 Å². The van der Waals surface area contributed by atoms with Gasteiger partial charge in [-0.1, -0.05) is 26.2 Å². The summed E-state index contributed by atoms with van der Waals surface area (Å²) < 4.78 is 4.90. The minimum absolute atomic E-state index is 0.181. The Labute approximate surface area is 97.5 Å². The quantitative estimate of drug-likeness (QED) is 0.472. The van der Waals surface area contributed by atoms with Crippen LogP contribution in [0.15, 0.2) is 0 Å². The fraction of sp³-hybridized carbons (Fsp3) is 0.846. The van der Waals surface area contributed by atoms with Gasteiger partial charge in [-0.25, -0.2) is 0 Å². The maximum Gasteiger partial charge on any atom is 0.302 e. The second-order valence-corrected chi connectivity index (χ2v) is 4.68. The van der Waals surface area contributed by atoms with E-state index in [4.69, 9.17) is 4.74 Å². The van der Waals surface area contributed by atoms with Gasteiger partial charge in [-0.05, 0) is 12.8 Å². The van der Waals surface area contributed by atoms with Gasteiger partial charge in [-0.3, -0.25) is 9.59 Å². The van der Waals surface area contributed by atoms with E-state index in [9.17, 15) is 9.59 Å². The molecule has 16 heavy (non-hydrogen) atoms. The highest BCUT2D eigenvalue weighted by atomic mass is 16.5. The van der Waals surface area contributed by atoms with Crippen LogP contribution in [0.1, 0.15) is 52.4 Å². The third-order valence-corrected chi connectivity index (χ3v) is 3.11. The summed E-state index contributed by atoms with van der Waals surface area (Å²) in [5.41, 5.74) is 0. The van der Waals surface area contributed by atoms with Crippen molar-refractivity contribution in [2.24, 2.45) is 11.8 Å². The van der Waals surface area contributed by atoms with Crippen molar-refractivity contribution in [1.82, 2.24) is 0 Å². The van der Waals surface area contributed by atoms with E-state index in [-0.39, 0.29) is 11.9 Å². The Balaban J connectivity index is 2.04. The zero-order valence-electron chi connectivity index (χ0n) is 10.3. The Bertz CT molecular complexity index is 248. The molecule has 0 amide bonds. The van der Waals surface area contributed by atoms with Gasteiger partial charge in [0.1, 0.15) is 5.78 Å². The van der Waals surface area contributed by atoms with Gasteiger partial charge < -0.3 is 4.74 Å². The van der Waals surface area contributed by atoms with Crippen LogP contribution in [0.4, 0.5) is 0 Å². The number of carbonyl (C=O) groups excluding carboxylic acids is 2. The summed E-state index contributed by atoms with van der Waals surface area (Å²) in [6, 6.07) is 0. The molecule has 0 aromatic carbocycles. The van der Waals surface area contributed by atoms with Crippen molar-refractivity contribution in [1.29, 1.82) is 0 Å². The number of hydrogen-bond donors (Lipinski definition) is 0. The minimum Gasteiger partial charge on any atom is -0.466 e. The van der Waals surface area contributed by atoms with Gasteiger partial charge in [0, 0.05) is 25.2 Å². The van der Waals surface area contributed by atoms with Crippen molar-refractivity contribution in [2.75, 3.05) is 6.61 Å². The van der Waals surface area contributed by atoms with E-state index in [1.165, 1.54) is 19.8 Å². The molecule has 1 aliphatic carbocycles. The molecule has 3 nitrogen and oxygen atoms in total. The van der Waals surface area contributed by atoms with Crippen molar-refractivity contribution in [2.45, 2.75) is 52.4 Å². The fourth-order valence-corrected chi connectivity index (χ4v) is 1.96. The third-order valence-electron chi connectivity index (χ3n) is 3.11. The Morgan fingerprint density at radius 1 is 1.25 bits per heavy atom. The van der Waals surface area contributed by atoms with Gasteiger partial charge >= 0.3 is 5.97 Å². The van der Waals surface area contributed by atoms with Crippen LogP contribution in [0.2, 0.25) is 0 Å². The van der Waals surface area contributed by atoms with Gasteiger partial charge in [-0.15, -0.1) is 0 Å². The smallest absolute Gasteiger partial charge is 0.302 e. The van der Waals surface area contributed by atoms with E-state index >= 15 is 0 Å². The first-order valence-electron chi connectivity index (χ1n) is 6.31. The molecule has 0 saturated heterocycles. The average molecular weight is 226 g/mol. The van der Waals surface area contributed by atoms with Gasteiger partial charge in [-0.2, -0.15) is 0 Å². The molecule has 0 N–H and O–H groups in total. The lowest BCUT2D eigenvalue weighted by Crippen LogP contribution is -2.07. The standard InChI is InChI=1S/C13H22O3/c1-3-4-5-6-7-13(15)12-8-11(12)9-16-10(2)14/h11-12H,3-9H2,1-2H3. The maximum absolute atomic E-state index is 11.7. The van der Waals surface area contributed by atoms with Crippen LogP contribution in [-0.2, 0) is 14.3 Å². The highest BCUT2D eigenvalue weighted by molar-refractivity contribution is 5.83. The molecule has 0 radical (unpaired) electrons. The molecule has 0 bridgehead atoms. The Kier molecular flexibility index (Phi) is 5.50. The van der Waals surface area contributed by atoms with Gasteiger partial charge in [0.05, 0.1) is 6.61 Å². The number of hydrogen-bond acceptors (Lipinski definition) is 3. The van der Waals surface area contributed by atoms with E-state index < -0.39 is 0 Å². The average Bonchev–Trinajstić information content (AvgIpc) is 3.00. The van der Waals surface area contributed by atoms with Crippen LogP contribution < -0.4 is 0 Å². The van der Waals surface area contributed by atoms with Gasteiger partial charge in [0.2, 0.25) is 0 Å². The summed E-state index contributed by atoms with van der Waals surface area (Å²) >= 11 is 0. The summed E-state index contributed by atoms with van der Waals surface area (Å²) in [6.07, 6.45) is 6.22. The van der Waals surface area contributed by atoms with Crippen LogP contribution in [-0.4, -0.2) is 18.4 Å². The number of rotatable bonds is 8. The number of unbranched alkanes of at least 4 members (excludes halogenated alkanes) is 3. The summed E-state index contributed by atoms with van der Waals surface area (Å²) in [7, 11) is 0. The summed E-state index contributed by atoms with van der Waals surface area (Å²) in [5, 5.41) is 0. The highest BCUT2D eigenvalue weighted by Gasteiger charge is 2.42. The number of ether oxygens (including phenoxy) is 1.